The van der Waals surface area contributed by atoms with Gasteiger partial charge in [0.05, 0.1) is 0 Å². The summed E-state index contributed by atoms with van der Waals surface area (Å²) in [6, 6.07) is 12.0. The first-order chi connectivity index (χ1) is 5.64. The second-order valence-electron chi connectivity index (χ2n) is 2.72. The van der Waals surface area contributed by atoms with Crippen LogP contribution in [-0.4, -0.2) is 18.9 Å². The van der Waals surface area contributed by atoms with E-state index in [1.165, 1.54) is 0 Å². The molecular formula is C12H17Li. The maximum Gasteiger partial charge on any atom is -0.0623 e. The molecule has 0 aliphatic rings. The molecule has 0 amide bonds. The Kier molecular flexibility index (Phi) is 10.7. The summed E-state index contributed by atoms with van der Waals surface area (Å²) in [6.07, 6.45) is 0. The molecule has 0 saturated heterocycles. The Hall–Kier alpha value is -0.703. The Morgan fingerprint density at radius 2 is 0.846 bits per heavy atom. The average Bonchev–Trinajstić information content (AvgIpc) is 2.08. The SMILES string of the molecule is C=C(C)C(=C)C.[LiH].c1ccccc1. The predicted molar refractivity (Wildman–Crippen MR) is 63.2 cm³/mol. The number of rotatable bonds is 1. The van der Waals surface area contributed by atoms with Gasteiger partial charge in [0.1, 0.15) is 0 Å². The van der Waals surface area contributed by atoms with Gasteiger partial charge in [-0.15, -0.1) is 0 Å². The Bertz CT molecular complexity index is 198. The maximum absolute atomic E-state index is 3.66. The molecule has 0 saturated carbocycles. The van der Waals surface area contributed by atoms with Crippen LogP contribution in [0.2, 0.25) is 0 Å². The van der Waals surface area contributed by atoms with Crippen LogP contribution in [0.25, 0.3) is 0 Å². The van der Waals surface area contributed by atoms with E-state index in [4.69, 9.17) is 0 Å². The molecule has 0 radical (unpaired) electrons. The zero-order chi connectivity index (χ0) is 9.40. The van der Waals surface area contributed by atoms with E-state index in [-0.39, 0.29) is 18.9 Å². The molecule has 13 heavy (non-hydrogen) atoms. The topological polar surface area (TPSA) is 0 Å². The van der Waals surface area contributed by atoms with Gasteiger partial charge in [-0.3, -0.25) is 0 Å². The van der Waals surface area contributed by atoms with Gasteiger partial charge in [0.25, 0.3) is 0 Å². The molecule has 0 bridgehead atoms. The standard InChI is InChI=1S/C6H6.C6H10.Li.H/c1-2-4-6-5-3-1;1-5(2)6(3)4;;/h1-6H;1,3H2,2,4H3;;. The Balaban J connectivity index is 0. The van der Waals surface area contributed by atoms with Crippen LogP contribution in [0.1, 0.15) is 13.8 Å². The molecule has 0 nitrogen and oxygen atoms in total. The second-order valence-corrected chi connectivity index (χ2v) is 2.72. The second kappa shape index (κ2) is 9.39. The van der Waals surface area contributed by atoms with Gasteiger partial charge in [-0.1, -0.05) is 60.7 Å². The van der Waals surface area contributed by atoms with Crippen LogP contribution in [0, 0.1) is 0 Å². The molecule has 0 aliphatic carbocycles. The summed E-state index contributed by atoms with van der Waals surface area (Å²) in [5, 5.41) is 0. The van der Waals surface area contributed by atoms with Crippen molar-refractivity contribution in [3.05, 3.63) is 60.7 Å². The smallest absolute Gasteiger partial charge is 0.0623 e. The summed E-state index contributed by atoms with van der Waals surface area (Å²) >= 11 is 0. The molecule has 1 rings (SSSR count). The third-order valence-corrected chi connectivity index (χ3v) is 1.40. The molecule has 0 heterocycles. The van der Waals surface area contributed by atoms with Gasteiger partial charge in [0, 0.05) is 0 Å². The van der Waals surface area contributed by atoms with Gasteiger partial charge in [0.15, 0.2) is 0 Å². The average molecular weight is 168 g/mol. The van der Waals surface area contributed by atoms with Crippen LogP contribution < -0.4 is 0 Å². The first kappa shape index (κ1) is 14.8. The van der Waals surface area contributed by atoms with Crippen LogP contribution in [-0.2, 0) is 0 Å². The van der Waals surface area contributed by atoms with E-state index in [1.54, 1.807) is 0 Å². The largest absolute Gasteiger partial charge is 0.0623 e. The zero-order valence-electron chi connectivity index (χ0n) is 7.88. The Morgan fingerprint density at radius 3 is 0.923 bits per heavy atom. The van der Waals surface area contributed by atoms with Gasteiger partial charge in [-0.25, -0.2) is 0 Å². The van der Waals surface area contributed by atoms with Crippen molar-refractivity contribution in [2.24, 2.45) is 0 Å². The minimum Gasteiger partial charge on any atom is -0.0623 e. The van der Waals surface area contributed by atoms with Crippen molar-refractivity contribution < 1.29 is 0 Å². The van der Waals surface area contributed by atoms with Crippen molar-refractivity contribution in [3.8, 4) is 0 Å². The molecule has 0 aromatic heterocycles. The molecule has 1 heteroatoms. The summed E-state index contributed by atoms with van der Waals surface area (Å²) in [4.78, 5) is 0. The summed E-state index contributed by atoms with van der Waals surface area (Å²) in [6.45, 7) is 11.2. The number of allylic oxidation sites excluding steroid dienone is 2. The van der Waals surface area contributed by atoms with E-state index in [9.17, 15) is 0 Å². The molecular weight excluding hydrogens is 151 g/mol. The van der Waals surface area contributed by atoms with Crippen molar-refractivity contribution in [2.75, 3.05) is 0 Å². The molecule has 0 unspecified atom stereocenters. The van der Waals surface area contributed by atoms with E-state index < -0.39 is 0 Å². The quantitative estimate of drug-likeness (QED) is 0.446. The van der Waals surface area contributed by atoms with Crippen LogP contribution in [0.5, 0.6) is 0 Å². The Labute approximate surface area is 93.5 Å². The first-order valence-electron chi connectivity index (χ1n) is 3.96. The van der Waals surface area contributed by atoms with Crippen molar-refractivity contribution >= 4 is 18.9 Å². The molecule has 1 aromatic rings. The number of hydrogen-bond donors (Lipinski definition) is 0. The van der Waals surface area contributed by atoms with Gasteiger partial charge in [-0.05, 0) is 13.8 Å². The summed E-state index contributed by atoms with van der Waals surface area (Å²) in [5.41, 5.74) is 2.13. The Morgan fingerprint density at radius 1 is 0.692 bits per heavy atom. The molecule has 0 atom stereocenters. The van der Waals surface area contributed by atoms with Crippen LogP contribution >= 0.6 is 0 Å². The third-order valence-electron chi connectivity index (χ3n) is 1.40. The van der Waals surface area contributed by atoms with Crippen molar-refractivity contribution in [3.63, 3.8) is 0 Å². The minimum atomic E-state index is 0. The summed E-state index contributed by atoms with van der Waals surface area (Å²) in [5.74, 6) is 0. The summed E-state index contributed by atoms with van der Waals surface area (Å²) in [7, 11) is 0. The third kappa shape index (κ3) is 11.3. The van der Waals surface area contributed by atoms with Gasteiger partial charge in [-0.2, -0.15) is 0 Å². The monoisotopic (exact) mass is 168 g/mol. The van der Waals surface area contributed by atoms with Gasteiger partial charge < -0.3 is 0 Å². The summed E-state index contributed by atoms with van der Waals surface area (Å²) < 4.78 is 0. The van der Waals surface area contributed by atoms with Crippen LogP contribution in [0.4, 0.5) is 0 Å². The number of hydrogen-bond acceptors (Lipinski definition) is 0. The molecule has 0 fully saturated rings. The van der Waals surface area contributed by atoms with Crippen molar-refractivity contribution in [1.29, 1.82) is 0 Å². The fraction of sp³-hybridized carbons (Fsp3) is 0.167. The van der Waals surface area contributed by atoms with Gasteiger partial charge in [0.2, 0.25) is 0 Å². The van der Waals surface area contributed by atoms with E-state index in [0.29, 0.717) is 0 Å². The number of benzene rings is 1. The maximum atomic E-state index is 3.66. The fourth-order valence-electron chi connectivity index (χ4n) is 0.385. The van der Waals surface area contributed by atoms with Crippen molar-refractivity contribution in [1.82, 2.24) is 0 Å². The van der Waals surface area contributed by atoms with Crippen LogP contribution in [0.15, 0.2) is 60.7 Å². The minimum absolute atomic E-state index is 0. The van der Waals surface area contributed by atoms with E-state index in [2.05, 4.69) is 13.2 Å². The van der Waals surface area contributed by atoms with E-state index in [0.717, 1.165) is 11.1 Å². The first-order valence-corrected chi connectivity index (χ1v) is 3.96. The molecule has 66 valence electrons. The fourth-order valence-corrected chi connectivity index (χ4v) is 0.385. The van der Waals surface area contributed by atoms with Crippen molar-refractivity contribution in [2.45, 2.75) is 13.8 Å². The zero-order valence-corrected chi connectivity index (χ0v) is 7.88. The molecule has 1 aromatic carbocycles. The predicted octanol–water partition coefficient (Wildman–Crippen LogP) is 3.18. The van der Waals surface area contributed by atoms with E-state index >= 15 is 0 Å². The van der Waals surface area contributed by atoms with Gasteiger partial charge >= 0.3 is 18.9 Å². The normalized spacial score (nSPS) is 7.23. The molecule has 0 spiro atoms. The molecule has 0 aliphatic heterocycles. The van der Waals surface area contributed by atoms with E-state index in [1.807, 2.05) is 50.2 Å². The molecule has 0 N–H and O–H groups in total. The van der Waals surface area contributed by atoms with Crippen LogP contribution in [0.3, 0.4) is 0 Å².